The molecule has 0 aliphatic carbocycles. The van der Waals surface area contributed by atoms with Gasteiger partial charge in [0.15, 0.2) is 5.75 Å². The van der Waals surface area contributed by atoms with Crippen LogP contribution in [0, 0.1) is 14.4 Å². The number of halogens is 1. The van der Waals surface area contributed by atoms with Gasteiger partial charge in [0.1, 0.15) is 5.69 Å². The van der Waals surface area contributed by atoms with Crippen LogP contribution in [0.3, 0.4) is 0 Å². The molecule has 2 aromatic carbocycles. The van der Waals surface area contributed by atoms with Crippen molar-refractivity contribution in [2.75, 3.05) is 0 Å². The van der Waals surface area contributed by atoms with Crippen LogP contribution in [0.2, 0.25) is 5.02 Å². The number of aryl methyl sites for hydroxylation is 3. The van der Waals surface area contributed by atoms with Gasteiger partial charge in [-0.15, -0.1) is 0 Å². The van der Waals surface area contributed by atoms with Gasteiger partial charge in [0, 0.05) is 50.2 Å². The molecule has 3 rings (SSSR count). The van der Waals surface area contributed by atoms with Crippen LogP contribution >= 0.6 is 11.6 Å². The van der Waals surface area contributed by atoms with Crippen molar-refractivity contribution in [1.29, 1.82) is 0 Å². The quantitative estimate of drug-likeness (QED) is 0.398. The molecule has 165 valence electrons. The molecule has 0 fully saturated rings. The molecule has 0 spiro atoms. The zero-order chi connectivity index (χ0) is 21.6. The Morgan fingerprint density at radius 2 is 1.65 bits per heavy atom. The summed E-state index contributed by atoms with van der Waals surface area (Å²) in [5.74, 6) is -0.0433. The van der Waals surface area contributed by atoms with Crippen molar-refractivity contribution >= 4 is 11.6 Å². The number of hydrogen-bond acceptors (Lipinski definition) is 3. The third-order valence-corrected chi connectivity index (χ3v) is 5.04. The number of benzene rings is 2. The van der Waals surface area contributed by atoms with Gasteiger partial charge >= 0.3 is 0 Å². The molecule has 0 saturated heterocycles. The maximum absolute atomic E-state index is 13.1. The van der Waals surface area contributed by atoms with Gasteiger partial charge in [0.2, 0.25) is 0 Å². The molecule has 6 heteroatoms. The summed E-state index contributed by atoms with van der Waals surface area (Å²) in [6.45, 7) is 10.2. The summed E-state index contributed by atoms with van der Waals surface area (Å²) in [5.41, 5.74) is 3.17. The molecule has 0 unspecified atom stereocenters. The van der Waals surface area contributed by atoms with Crippen LogP contribution in [0.15, 0.2) is 53.3 Å². The topological polar surface area (TPSA) is 55.1 Å². The van der Waals surface area contributed by atoms with Crippen molar-refractivity contribution in [3.8, 4) is 16.9 Å². The minimum absolute atomic E-state index is 0. The van der Waals surface area contributed by atoms with Crippen LogP contribution in [0.4, 0.5) is 0 Å². The van der Waals surface area contributed by atoms with E-state index >= 15 is 0 Å². The van der Waals surface area contributed by atoms with Gasteiger partial charge in [-0.1, -0.05) is 81.8 Å². The van der Waals surface area contributed by atoms with Crippen LogP contribution < -0.4 is 5.56 Å². The Bertz CT molecular complexity index is 1030. The zero-order valence-corrected chi connectivity index (χ0v) is 22.9. The average molecular weight is 517 g/mol. The fourth-order valence-electron chi connectivity index (χ4n) is 3.15. The summed E-state index contributed by atoms with van der Waals surface area (Å²) >= 11 is 6.24. The Balaban J connectivity index is 0.00000219. The molecular formula is C25H32ClN2O2Y-. The standard InChI is InChI=1S/C22H23ClN2O2.C2H6.CH3.Y/c1-14(2)20-21(26)19(17-10-6-4-8-15(17)3)22(27)25(24-20)13-12-16-9-5-7-11-18(16)23;1-2;;/h4-11,14,26H,12-13H2,1-3H3;1-2H3;1H3;/q;;-1;. The van der Waals surface area contributed by atoms with E-state index in [2.05, 4.69) is 5.10 Å². The van der Waals surface area contributed by atoms with Crippen molar-refractivity contribution in [1.82, 2.24) is 9.78 Å². The number of aromatic hydroxyl groups is 1. The average Bonchev–Trinajstić information content (AvgIpc) is 2.71. The molecule has 0 bridgehead atoms. The van der Waals surface area contributed by atoms with E-state index in [0.717, 1.165) is 16.7 Å². The van der Waals surface area contributed by atoms with Crippen molar-refractivity contribution in [2.24, 2.45) is 0 Å². The molecule has 0 aliphatic heterocycles. The maximum atomic E-state index is 13.1. The Kier molecular flexibility index (Phi) is 13.2. The number of hydrogen-bond donors (Lipinski definition) is 1. The molecule has 1 aromatic heterocycles. The first kappa shape index (κ1) is 29.5. The van der Waals surface area contributed by atoms with E-state index in [-0.39, 0.29) is 57.4 Å². The fourth-order valence-corrected chi connectivity index (χ4v) is 3.38. The number of aromatic nitrogens is 2. The predicted molar refractivity (Wildman–Crippen MR) is 127 cm³/mol. The van der Waals surface area contributed by atoms with Gasteiger partial charge in [-0.25, -0.2) is 4.68 Å². The summed E-state index contributed by atoms with van der Waals surface area (Å²) in [5, 5.41) is 15.9. The third kappa shape index (κ3) is 7.00. The largest absolute Gasteiger partial charge is 0.505 e. The minimum atomic E-state index is -0.293. The van der Waals surface area contributed by atoms with Gasteiger partial charge < -0.3 is 12.5 Å². The molecule has 1 radical (unpaired) electrons. The van der Waals surface area contributed by atoms with Crippen LogP contribution in [0.25, 0.3) is 11.1 Å². The normalized spacial score (nSPS) is 9.90. The molecule has 3 aromatic rings. The first-order valence-corrected chi connectivity index (χ1v) is 10.4. The van der Waals surface area contributed by atoms with Crippen LogP contribution in [-0.4, -0.2) is 14.9 Å². The Labute approximate surface area is 216 Å². The Hall–Kier alpha value is -1.49. The molecule has 4 nitrogen and oxygen atoms in total. The van der Waals surface area contributed by atoms with Gasteiger partial charge in [-0.05, 0) is 36.1 Å². The Morgan fingerprint density at radius 1 is 1.06 bits per heavy atom. The summed E-state index contributed by atoms with van der Waals surface area (Å²) < 4.78 is 1.44. The van der Waals surface area contributed by atoms with Gasteiger partial charge in [0.25, 0.3) is 5.56 Å². The van der Waals surface area contributed by atoms with Crippen LogP contribution in [-0.2, 0) is 45.7 Å². The smallest absolute Gasteiger partial charge is 0.278 e. The molecule has 0 atom stereocenters. The Morgan fingerprint density at radius 3 is 2.23 bits per heavy atom. The second-order valence-corrected chi connectivity index (χ2v) is 7.36. The molecule has 31 heavy (non-hydrogen) atoms. The van der Waals surface area contributed by atoms with E-state index < -0.39 is 0 Å². The van der Waals surface area contributed by atoms with Gasteiger partial charge in [-0.3, -0.25) is 4.79 Å². The fraction of sp³-hybridized carbons (Fsp3) is 0.320. The van der Waals surface area contributed by atoms with Crippen molar-refractivity contribution in [2.45, 2.75) is 53.5 Å². The summed E-state index contributed by atoms with van der Waals surface area (Å²) in [6, 6.07) is 15.1. The monoisotopic (exact) mass is 516 g/mol. The van der Waals surface area contributed by atoms with Gasteiger partial charge in [-0.2, -0.15) is 5.10 Å². The van der Waals surface area contributed by atoms with E-state index in [9.17, 15) is 9.90 Å². The predicted octanol–water partition coefficient (Wildman–Crippen LogP) is 6.42. The number of rotatable bonds is 5. The first-order chi connectivity index (χ1) is 13.9. The molecule has 0 saturated carbocycles. The molecular weight excluding hydrogens is 485 g/mol. The molecule has 1 N–H and O–H groups in total. The second-order valence-electron chi connectivity index (χ2n) is 6.95. The van der Waals surface area contributed by atoms with E-state index in [0.29, 0.717) is 29.2 Å². The van der Waals surface area contributed by atoms with E-state index in [1.807, 2.05) is 83.1 Å². The van der Waals surface area contributed by atoms with Crippen LogP contribution in [0.1, 0.15) is 50.4 Å². The third-order valence-electron chi connectivity index (χ3n) is 4.67. The van der Waals surface area contributed by atoms with E-state index in [4.69, 9.17) is 11.6 Å². The van der Waals surface area contributed by atoms with Gasteiger partial charge in [0.05, 0.1) is 5.56 Å². The van der Waals surface area contributed by atoms with Crippen molar-refractivity contribution in [3.63, 3.8) is 0 Å². The molecule has 1 heterocycles. The summed E-state index contributed by atoms with van der Waals surface area (Å²) in [4.78, 5) is 13.1. The number of nitrogens with zero attached hydrogens (tertiary/aromatic N) is 2. The molecule has 0 amide bonds. The first-order valence-electron chi connectivity index (χ1n) is 10.0. The molecule has 0 aliphatic rings. The summed E-state index contributed by atoms with van der Waals surface area (Å²) in [7, 11) is 0. The van der Waals surface area contributed by atoms with E-state index in [1.54, 1.807) is 0 Å². The van der Waals surface area contributed by atoms with Crippen molar-refractivity contribution < 1.29 is 37.8 Å². The minimum Gasteiger partial charge on any atom is -0.505 e. The maximum Gasteiger partial charge on any atom is 0.278 e. The second kappa shape index (κ2) is 13.8. The summed E-state index contributed by atoms with van der Waals surface area (Å²) in [6.07, 6.45) is 0.585. The van der Waals surface area contributed by atoms with Crippen LogP contribution in [0.5, 0.6) is 5.75 Å². The zero-order valence-electron chi connectivity index (χ0n) is 19.3. The van der Waals surface area contributed by atoms with E-state index in [1.165, 1.54) is 4.68 Å². The van der Waals surface area contributed by atoms with Crippen molar-refractivity contribution in [3.05, 3.63) is 88.2 Å². The SMILES string of the molecule is CC.Cc1ccccc1-c1c(O)c(C(C)C)nn(CCc2ccccc2Cl)c1=O.[CH3-].[Y].